The van der Waals surface area contributed by atoms with Gasteiger partial charge in [-0.05, 0) is 24.3 Å². The van der Waals surface area contributed by atoms with Gasteiger partial charge in [-0.3, -0.25) is 14.9 Å². The number of carbonyl (C=O) groups excluding carboxylic acids is 1. The summed E-state index contributed by atoms with van der Waals surface area (Å²) in [6, 6.07) is 23.7. The number of hydrogen-bond acceptors (Lipinski definition) is 5. The summed E-state index contributed by atoms with van der Waals surface area (Å²) in [6.07, 6.45) is 0. The highest BCUT2D eigenvalue weighted by Crippen LogP contribution is 2.31. The molecule has 1 heterocycles. The lowest BCUT2D eigenvalue weighted by Gasteiger charge is -2.37. The van der Waals surface area contributed by atoms with Gasteiger partial charge in [0, 0.05) is 49.1 Å². The van der Waals surface area contributed by atoms with Gasteiger partial charge in [0.2, 0.25) is 0 Å². The minimum atomic E-state index is -0.402. The Hall–Kier alpha value is -3.67. The fraction of sp³-hybridized carbons (Fsp3) is 0.174. The van der Waals surface area contributed by atoms with Gasteiger partial charge in [-0.15, -0.1) is 0 Å². The average molecular weight is 387 g/mol. The second-order valence-electron chi connectivity index (χ2n) is 6.97. The van der Waals surface area contributed by atoms with Crippen LogP contribution < -0.4 is 9.80 Å². The molecule has 0 radical (unpaired) electrons. The lowest BCUT2D eigenvalue weighted by atomic mass is 10.0. The normalized spacial score (nSPS) is 13.9. The van der Waals surface area contributed by atoms with E-state index in [-0.39, 0.29) is 11.5 Å². The van der Waals surface area contributed by atoms with Crippen LogP contribution >= 0.6 is 0 Å². The number of carbonyl (C=O) groups is 1. The third-order valence-electron chi connectivity index (χ3n) is 5.21. The van der Waals surface area contributed by atoms with Crippen LogP contribution in [-0.4, -0.2) is 36.9 Å². The van der Waals surface area contributed by atoms with Gasteiger partial charge in [0.25, 0.3) is 5.69 Å². The van der Waals surface area contributed by atoms with Crippen LogP contribution in [0.2, 0.25) is 0 Å². The lowest BCUT2D eigenvalue weighted by Crippen LogP contribution is -2.46. The molecule has 0 bridgehead atoms. The van der Waals surface area contributed by atoms with Gasteiger partial charge >= 0.3 is 0 Å². The van der Waals surface area contributed by atoms with Gasteiger partial charge in [-0.25, -0.2) is 0 Å². The van der Waals surface area contributed by atoms with Gasteiger partial charge in [0.15, 0.2) is 5.78 Å². The zero-order chi connectivity index (χ0) is 20.2. The maximum Gasteiger partial charge on any atom is 0.293 e. The molecule has 0 aliphatic carbocycles. The zero-order valence-electron chi connectivity index (χ0n) is 15.9. The molecule has 0 N–H and O–H groups in total. The molecule has 0 atom stereocenters. The Labute approximate surface area is 169 Å². The molecule has 0 saturated carbocycles. The smallest absolute Gasteiger partial charge is 0.293 e. The van der Waals surface area contributed by atoms with Gasteiger partial charge < -0.3 is 9.80 Å². The lowest BCUT2D eigenvalue weighted by molar-refractivity contribution is -0.384. The molecule has 3 aromatic rings. The van der Waals surface area contributed by atoms with Crippen LogP contribution in [0, 0.1) is 10.1 Å². The molecule has 1 aliphatic heterocycles. The van der Waals surface area contributed by atoms with E-state index in [1.54, 1.807) is 36.4 Å². The van der Waals surface area contributed by atoms with Crippen molar-refractivity contribution >= 4 is 22.8 Å². The first kappa shape index (κ1) is 18.7. The van der Waals surface area contributed by atoms with E-state index in [4.69, 9.17) is 0 Å². The van der Waals surface area contributed by atoms with E-state index in [0.717, 1.165) is 18.8 Å². The van der Waals surface area contributed by atoms with Gasteiger partial charge in [0.05, 0.1) is 4.92 Å². The van der Waals surface area contributed by atoms with Crippen molar-refractivity contribution in [2.45, 2.75) is 0 Å². The second kappa shape index (κ2) is 8.14. The topological polar surface area (TPSA) is 66.7 Å². The molecule has 1 fully saturated rings. The van der Waals surface area contributed by atoms with E-state index >= 15 is 0 Å². The molecule has 0 aromatic heterocycles. The van der Waals surface area contributed by atoms with Crippen molar-refractivity contribution in [3.63, 3.8) is 0 Å². The molecular formula is C23H21N3O3. The number of rotatable bonds is 5. The number of nitrogens with zero attached hydrogens (tertiary/aromatic N) is 3. The van der Waals surface area contributed by atoms with E-state index in [1.807, 2.05) is 29.2 Å². The number of para-hydroxylation sites is 1. The first-order chi connectivity index (χ1) is 14.1. The monoisotopic (exact) mass is 387 g/mol. The first-order valence-electron chi connectivity index (χ1n) is 9.56. The number of ketones is 1. The molecule has 4 rings (SSSR count). The number of nitro benzene ring substituents is 1. The Bertz CT molecular complexity index is 1010. The van der Waals surface area contributed by atoms with Crippen LogP contribution in [-0.2, 0) is 0 Å². The Morgan fingerprint density at radius 2 is 1.34 bits per heavy atom. The Morgan fingerprint density at radius 3 is 1.97 bits per heavy atom. The van der Waals surface area contributed by atoms with E-state index in [9.17, 15) is 14.9 Å². The Morgan fingerprint density at radius 1 is 0.759 bits per heavy atom. The summed E-state index contributed by atoms with van der Waals surface area (Å²) in [5.74, 6) is -0.214. The van der Waals surface area contributed by atoms with Crippen molar-refractivity contribution in [2.75, 3.05) is 36.0 Å². The molecule has 146 valence electrons. The molecule has 1 aliphatic rings. The van der Waals surface area contributed by atoms with E-state index < -0.39 is 4.92 Å². The highest BCUT2D eigenvalue weighted by atomic mass is 16.6. The van der Waals surface area contributed by atoms with Crippen LogP contribution in [0.1, 0.15) is 15.9 Å². The molecule has 6 nitrogen and oxygen atoms in total. The van der Waals surface area contributed by atoms with E-state index in [2.05, 4.69) is 17.0 Å². The molecular weight excluding hydrogens is 366 g/mol. The first-order valence-corrected chi connectivity index (χ1v) is 9.56. The molecule has 0 unspecified atom stereocenters. The van der Waals surface area contributed by atoms with Crippen LogP contribution in [0.4, 0.5) is 17.1 Å². The number of benzene rings is 3. The molecule has 0 spiro atoms. The largest absolute Gasteiger partial charge is 0.368 e. The van der Waals surface area contributed by atoms with Crippen molar-refractivity contribution in [3.05, 3.63) is 100 Å². The Kier molecular flexibility index (Phi) is 5.24. The third-order valence-corrected chi connectivity index (χ3v) is 5.21. The molecule has 1 saturated heterocycles. The molecule has 29 heavy (non-hydrogen) atoms. The van der Waals surface area contributed by atoms with Crippen molar-refractivity contribution in [1.82, 2.24) is 0 Å². The van der Waals surface area contributed by atoms with Crippen LogP contribution in [0.3, 0.4) is 0 Å². The quantitative estimate of drug-likeness (QED) is 0.374. The van der Waals surface area contributed by atoms with Crippen molar-refractivity contribution < 1.29 is 9.72 Å². The minimum Gasteiger partial charge on any atom is -0.368 e. The summed E-state index contributed by atoms with van der Waals surface area (Å²) in [4.78, 5) is 28.3. The van der Waals surface area contributed by atoms with Crippen LogP contribution in [0.5, 0.6) is 0 Å². The number of hydrogen-bond donors (Lipinski definition) is 0. The van der Waals surface area contributed by atoms with Gasteiger partial charge in [0.1, 0.15) is 5.69 Å². The summed E-state index contributed by atoms with van der Waals surface area (Å²) in [6.45, 7) is 2.93. The highest BCUT2D eigenvalue weighted by molar-refractivity contribution is 6.09. The zero-order valence-corrected chi connectivity index (χ0v) is 15.9. The van der Waals surface area contributed by atoms with E-state index in [0.29, 0.717) is 29.9 Å². The predicted molar refractivity (Wildman–Crippen MR) is 114 cm³/mol. The summed E-state index contributed by atoms with van der Waals surface area (Å²) in [5.41, 5.74) is 2.54. The van der Waals surface area contributed by atoms with Crippen LogP contribution in [0.25, 0.3) is 0 Å². The molecule has 6 heteroatoms. The third kappa shape index (κ3) is 3.96. The Balaban J connectivity index is 1.55. The molecule has 3 aromatic carbocycles. The summed E-state index contributed by atoms with van der Waals surface area (Å²) in [5, 5.41) is 11.7. The van der Waals surface area contributed by atoms with Crippen LogP contribution in [0.15, 0.2) is 78.9 Å². The van der Waals surface area contributed by atoms with Crippen molar-refractivity contribution in [2.24, 2.45) is 0 Å². The summed E-state index contributed by atoms with van der Waals surface area (Å²) >= 11 is 0. The second-order valence-corrected chi connectivity index (χ2v) is 6.97. The van der Waals surface area contributed by atoms with E-state index in [1.165, 1.54) is 6.07 Å². The summed E-state index contributed by atoms with van der Waals surface area (Å²) < 4.78 is 0. The average Bonchev–Trinajstić information content (AvgIpc) is 2.79. The molecule has 0 amide bonds. The maximum atomic E-state index is 12.7. The maximum absolute atomic E-state index is 12.7. The number of nitro groups is 1. The van der Waals surface area contributed by atoms with Gasteiger partial charge in [-0.2, -0.15) is 0 Å². The van der Waals surface area contributed by atoms with Gasteiger partial charge in [-0.1, -0.05) is 48.5 Å². The van der Waals surface area contributed by atoms with Crippen molar-refractivity contribution in [1.29, 1.82) is 0 Å². The predicted octanol–water partition coefficient (Wildman–Crippen LogP) is 4.15. The standard InChI is InChI=1S/C23H21N3O3/c27-23(18-7-3-1-4-8-18)19-11-12-21(22(17-19)26(28)29)25-15-13-24(14-16-25)20-9-5-2-6-10-20/h1-12,17H,13-16H2. The number of piperazine rings is 1. The number of anilines is 2. The SMILES string of the molecule is O=C(c1ccccc1)c1ccc(N2CCN(c3ccccc3)CC2)c([N+](=O)[O-])c1. The van der Waals surface area contributed by atoms with Crippen molar-refractivity contribution in [3.8, 4) is 0 Å². The summed E-state index contributed by atoms with van der Waals surface area (Å²) in [7, 11) is 0. The minimum absolute atomic E-state index is 0.0278. The fourth-order valence-electron chi connectivity index (χ4n) is 3.68. The fourth-order valence-corrected chi connectivity index (χ4v) is 3.68. The highest BCUT2D eigenvalue weighted by Gasteiger charge is 2.25.